The van der Waals surface area contributed by atoms with Crippen molar-refractivity contribution in [3.8, 4) is 0 Å². The molecule has 0 aromatic carbocycles. The standard InChI is InChI=1S/C11H25NO4/c1-10(8-11(2,13)9-12)16-7-6-15-5-4-14-3/h10,13H,4-9,12H2,1-3H3. The maximum atomic E-state index is 9.71. The van der Waals surface area contributed by atoms with Gasteiger partial charge in [0.1, 0.15) is 0 Å². The van der Waals surface area contributed by atoms with Crippen LogP contribution < -0.4 is 5.73 Å². The van der Waals surface area contributed by atoms with Crippen LogP contribution >= 0.6 is 0 Å². The maximum Gasteiger partial charge on any atom is 0.0765 e. The highest BCUT2D eigenvalue weighted by atomic mass is 16.5. The number of methoxy groups -OCH3 is 1. The summed E-state index contributed by atoms with van der Waals surface area (Å²) in [4.78, 5) is 0. The first-order valence-electron chi connectivity index (χ1n) is 5.62. The van der Waals surface area contributed by atoms with E-state index in [9.17, 15) is 5.11 Å². The van der Waals surface area contributed by atoms with Gasteiger partial charge in [-0.2, -0.15) is 0 Å². The van der Waals surface area contributed by atoms with Crippen molar-refractivity contribution >= 4 is 0 Å². The van der Waals surface area contributed by atoms with Crippen LogP contribution in [0.2, 0.25) is 0 Å². The second-order valence-corrected chi connectivity index (χ2v) is 4.19. The summed E-state index contributed by atoms with van der Waals surface area (Å²) < 4.78 is 15.6. The molecule has 0 fully saturated rings. The summed E-state index contributed by atoms with van der Waals surface area (Å²) in [6.07, 6.45) is 0.506. The van der Waals surface area contributed by atoms with Crippen LogP contribution in [-0.4, -0.2) is 56.9 Å². The molecule has 0 aliphatic carbocycles. The molecule has 0 aromatic heterocycles. The molecule has 0 saturated heterocycles. The Kier molecular flexibility index (Phi) is 8.78. The molecule has 16 heavy (non-hydrogen) atoms. The average molecular weight is 235 g/mol. The first kappa shape index (κ1) is 15.8. The van der Waals surface area contributed by atoms with Gasteiger partial charge in [-0.1, -0.05) is 0 Å². The Hall–Kier alpha value is -0.200. The largest absolute Gasteiger partial charge is 0.389 e. The zero-order chi connectivity index (χ0) is 12.4. The van der Waals surface area contributed by atoms with E-state index in [-0.39, 0.29) is 12.6 Å². The molecular formula is C11H25NO4. The molecule has 0 aromatic rings. The van der Waals surface area contributed by atoms with Gasteiger partial charge >= 0.3 is 0 Å². The SMILES string of the molecule is COCCOCCOC(C)CC(C)(O)CN. The summed E-state index contributed by atoms with van der Waals surface area (Å²) >= 11 is 0. The first-order valence-corrected chi connectivity index (χ1v) is 5.62. The number of rotatable bonds is 10. The van der Waals surface area contributed by atoms with Gasteiger partial charge < -0.3 is 25.1 Å². The number of nitrogens with two attached hydrogens (primary N) is 1. The Morgan fingerprint density at radius 2 is 1.88 bits per heavy atom. The molecule has 5 heteroatoms. The maximum absolute atomic E-state index is 9.71. The fourth-order valence-electron chi connectivity index (χ4n) is 1.31. The van der Waals surface area contributed by atoms with Gasteiger partial charge in [0.25, 0.3) is 0 Å². The van der Waals surface area contributed by atoms with Gasteiger partial charge in [-0.25, -0.2) is 0 Å². The van der Waals surface area contributed by atoms with E-state index in [0.717, 1.165) is 0 Å². The van der Waals surface area contributed by atoms with Crippen LogP contribution in [0, 0.1) is 0 Å². The molecule has 2 unspecified atom stereocenters. The van der Waals surface area contributed by atoms with E-state index in [1.54, 1.807) is 14.0 Å². The molecule has 3 N–H and O–H groups in total. The van der Waals surface area contributed by atoms with E-state index < -0.39 is 5.60 Å². The van der Waals surface area contributed by atoms with Gasteiger partial charge in [0, 0.05) is 20.1 Å². The monoisotopic (exact) mass is 235 g/mol. The number of aliphatic hydroxyl groups is 1. The normalized spacial score (nSPS) is 17.1. The topological polar surface area (TPSA) is 73.9 Å². The van der Waals surface area contributed by atoms with Crippen molar-refractivity contribution in [2.75, 3.05) is 40.1 Å². The van der Waals surface area contributed by atoms with Crippen molar-refractivity contribution < 1.29 is 19.3 Å². The summed E-state index contributed by atoms with van der Waals surface area (Å²) in [7, 11) is 1.64. The van der Waals surface area contributed by atoms with Crippen molar-refractivity contribution in [2.45, 2.75) is 32.0 Å². The number of hydrogen-bond donors (Lipinski definition) is 2. The van der Waals surface area contributed by atoms with E-state index >= 15 is 0 Å². The van der Waals surface area contributed by atoms with E-state index in [4.69, 9.17) is 19.9 Å². The zero-order valence-corrected chi connectivity index (χ0v) is 10.6. The lowest BCUT2D eigenvalue weighted by atomic mass is 10.00. The van der Waals surface area contributed by atoms with Crippen molar-refractivity contribution in [1.82, 2.24) is 0 Å². The predicted octanol–water partition coefficient (Wildman–Crippen LogP) is 0.154. The third-order valence-electron chi connectivity index (χ3n) is 2.23. The Morgan fingerprint density at radius 1 is 1.25 bits per heavy atom. The molecule has 0 spiro atoms. The molecule has 0 aliphatic rings. The van der Waals surface area contributed by atoms with Crippen LogP contribution in [-0.2, 0) is 14.2 Å². The fourth-order valence-corrected chi connectivity index (χ4v) is 1.31. The molecule has 0 amide bonds. The molecule has 0 aliphatic heterocycles. The van der Waals surface area contributed by atoms with Crippen molar-refractivity contribution in [1.29, 1.82) is 0 Å². The quantitative estimate of drug-likeness (QED) is 0.527. The van der Waals surface area contributed by atoms with E-state index in [1.165, 1.54) is 0 Å². The van der Waals surface area contributed by atoms with Gasteiger partial charge in [-0.05, 0) is 13.8 Å². The van der Waals surface area contributed by atoms with Crippen molar-refractivity contribution in [3.63, 3.8) is 0 Å². The number of hydrogen-bond acceptors (Lipinski definition) is 5. The minimum absolute atomic E-state index is 0.0235. The van der Waals surface area contributed by atoms with Crippen LogP contribution in [0.5, 0.6) is 0 Å². The minimum Gasteiger partial charge on any atom is -0.389 e. The highest BCUT2D eigenvalue weighted by molar-refractivity contribution is 4.76. The lowest BCUT2D eigenvalue weighted by Gasteiger charge is -2.25. The van der Waals surface area contributed by atoms with Gasteiger partial charge in [0.15, 0.2) is 0 Å². The van der Waals surface area contributed by atoms with Gasteiger partial charge in [-0.15, -0.1) is 0 Å². The summed E-state index contributed by atoms with van der Waals surface area (Å²) in [5.74, 6) is 0. The summed E-state index contributed by atoms with van der Waals surface area (Å²) in [5.41, 5.74) is 4.57. The highest BCUT2D eigenvalue weighted by Crippen LogP contribution is 2.12. The smallest absolute Gasteiger partial charge is 0.0765 e. The fraction of sp³-hybridized carbons (Fsp3) is 1.00. The minimum atomic E-state index is -0.851. The lowest BCUT2D eigenvalue weighted by Crippen LogP contribution is -2.38. The lowest BCUT2D eigenvalue weighted by molar-refractivity contribution is -0.0386. The van der Waals surface area contributed by atoms with Gasteiger partial charge in [0.2, 0.25) is 0 Å². The molecule has 0 radical (unpaired) electrons. The van der Waals surface area contributed by atoms with Crippen LogP contribution in [0.25, 0.3) is 0 Å². The molecule has 0 saturated carbocycles. The third kappa shape index (κ3) is 9.06. The Labute approximate surface area is 97.9 Å². The Balaban J connectivity index is 3.40. The van der Waals surface area contributed by atoms with E-state index in [0.29, 0.717) is 32.8 Å². The van der Waals surface area contributed by atoms with Crippen LogP contribution in [0.1, 0.15) is 20.3 Å². The number of ether oxygens (including phenoxy) is 3. The first-order chi connectivity index (χ1) is 7.52. The van der Waals surface area contributed by atoms with E-state index in [2.05, 4.69) is 0 Å². The summed E-state index contributed by atoms with van der Waals surface area (Å²) in [6, 6.07) is 0. The average Bonchev–Trinajstić information content (AvgIpc) is 2.22. The molecular weight excluding hydrogens is 210 g/mol. The molecule has 0 heterocycles. The van der Waals surface area contributed by atoms with Crippen molar-refractivity contribution in [2.24, 2.45) is 5.73 Å². The summed E-state index contributed by atoms with van der Waals surface area (Å²) in [5, 5.41) is 9.71. The zero-order valence-electron chi connectivity index (χ0n) is 10.6. The molecule has 0 rings (SSSR count). The summed E-state index contributed by atoms with van der Waals surface area (Å²) in [6.45, 7) is 6.10. The van der Waals surface area contributed by atoms with Gasteiger partial charge in [0.05, 0.1) is 38.1 Å². The predicted molar refractivity (Wildman–Crippen MR) is 62.4 cm³/mol. The van der Waals surface area contributed by atoms with Crippen LogP contribution in [0.4, 0.5) is 0 Å². The van der Waals surface area contributed by atoms with Crippen molar-refractivity contribution in [3.05, 3.63) is 0 Å². The van der Waals surface area contributed by atoms with E-state index in [1.807, 2.05) is 6.92 Å². The van der Waals surface area contributed by atoms with Crippen LogP contribution in [0.15, 0.2) is 0 Å². The third-order valence-corrected chi connectivity index (χ3v) is 2.23. The van der Waals surface area contributed by atoms with Crippen LogP contribution in [0.3, 0.4) is 0 Å². The second kappa shape index (κ2) is 8.90. The molecule has 0 bridgehead atoms. The second-order valence-electron chi connectivity index (χ2n) is 4.19. The molecule has 2 atom stereocenters. The molecule has 98 valence electrons. The Bertz CT molecular complexity index is 164. The highest BCUT2D eigenvalue weighted by Gasteiger charge is 2.21. The van der Waals surface area contributed by atoms with Gasteiger partial charge in [-0.3, -0.25) is 0 Å². The molecule has 5 nitrogen and oxygen atoms in total. The Morgan fingerprint density at radius 3 is 2.44 bits per heavy atom.